The van der Waals surface area contributed by atoms with E-state index < -0.39 is 5.24 Å². The fraction of sp³-hybridized carbons (Fsp3) is 0.182. The summed E-state index contributed by atoms with van der Waals surface area (Å²) in [6.45, 7) is 0. The van der Waals surface area contributed by atoms with E-state index >= 15 is 0 Å². The Balaban J connectivity index is 2.55. The number of fused-ring (bicyclic) bond motifs is 1. The zero-order valence-corrected chi connectivity index (χ0v) is 9.20. The van der Waals surface area contributed by atoms with Crippen molar-refractivity contribution >= 4 is 34.0 Å². The number of carbonyl (C=O) groups is 1. The van der Waals surface area contributed by atoms with E-state index in [9.17, 15) is 9.18 Å². The molecule has 0 saturated carbocycles. The van der Waals surface area contributed by atoms with Crippen molar-refractivity contribution in [1.29, 1.82) is 0 Å². The first-order valence-corrected chi connectivity index (χ1v) is 5.22. The van der Waals surface area contributed by atoms with E-state index in [2.05, 4.69) is 0 Å². The summed E-state index contributed by atoms with van der Waals surface area (Å²) in [5, 5.41) is -0.209. The average molecular weight is 245 g/mol. The molecule has 15 heavy (non-hydrogen) atoms. The fourth-order valence-electron chi connectivity index (χ4n) is 1.83. The van der Waals surface area contributed by atoms with Gasteiger partial charge in [-0.15, -0.1) is 0 Å². The van der Waals surface area contributed by atoms with Gasteiger partial charge in [-0.25, -0.2) is 4.39 Å². The number of allylic oxidation sites excluding steroid dienone is 2. The van der Waals surface area contributed by atoms with Gasteiger partial charge in [0.05, 0.1) is 0 Å². The van der Waals surface area contributed by atoms with Gasteiger partial charge in [-0.1, -0.05) is 11.6 Å². The molecule has 0 spiro atoms. The van der Waals surface area contributed by atoms with Crippen molar-refractivity contribution in [2.24, 2.45) is 0 Å². The SMILES string of the molecule is O=C(Cl)C=C1CCc2c(F)cc(Cl)cc21. The Morgan fingerprint density at radius 3 is 2.80 bits per heavy atom. The van der Waals surface area contributed by atoms with Gasteiger partial charge in [0.25, 0.3) is 0 Å². The van der Waals surface area contributed by atoms with E-state index in [0.717, 1.165) is 5.57 Å². The van der Waals surface area contributed by atoms with E-state index in [0.29, 0.717) is 29.0 Å². The molecule has 78 valence electrons. The van der Waals surface area contributed by atoms with Gasteiger partial charge in [0.1, 0.15) is 5.82 Å². The number of hydrogen-bond donors (Lipinski definition) is 0. The molecule has 0 N–H and O–H groups in total. The zero-order valence-electron chi connectivity index (χ0n) is 7.69. The molecular formula is C11H7Cl2FO. The van der Waals surface area contributed by atoms with Crippen LogP contribution < -0.4 is 0 Å². The van der Waals surface area contributed by atoms with Gasteiger partial charge in [-0.3, -0.25) is 4.79 Å². The lowest BCUT2D eigenvalue weighted by atomic mass is 10.1. The second-order valence-corrected chi connectivity index (χ2v) is 4.20. The van der Waals surface area contributed by atoms with Crippen LogP contribution in [-0.2, 0) is 11.2 Å². The van der Waals surface area contributed by atoms with E-state index in [4.69, 9.17) is 23.2 Å². The normalized spacial score (nSPS) is 16.9. The molecule has 0 aliphatic heterocycles. The molecule has 1 aliphatic carbocycles. The van der Waals surface area contributed by atoms with Gasteiger partial charge in [-0.2, -0.15) is 0 Å². The Labute approximate surface area is 96.5 Å². The first-order chi connectivity index (χ1) is 7.08. The summed E-state index contributed by atoms with van der Waals surface area (Å²) in [6, 6.07) is 2.95. The minimum atomic E-state index is -0.543. The molecule has 1 nitrogen and oxygen atoms in total. The Morgan fingerprint density at radius 1 is 1.40 bits per heavy atom. The Kier molecular flexibility index (Phi) is 2.81. The minimum absolute atomic E-state index is 0.317. The molecule has 0 aromatic heterocycles. The van der Waals surface area contributed by atoms with Gasteiger partial charge in [0.2, 0.25) is 5.24 Å². The molecule has 0 amide bonds. The summed E-state index contributed by atoms with van der Waals surface area (Å²) in [5.74, 6) is -0.317. The quantitative estimate of drug-likeness (QED) is 0.546. The predicted molar refractivity (Wildman–Crippen MR) is 58.6 cm³/mol. The van der Waals surface area contributed by atoms with Gasteiger partial charge >= 0.3 is 0 Å². The van der Waals surface area contributed by atoms with Crippen LogP contribution in [0.4, 0.5) is 4.39 Å². The molecule has 2 rings (SSSR count). The highest BCUT2D eigenvalue weighted by molar-refractivity contribution is 6.67. The highest BCUT2D eigenvalue weighted by Gasteiger charge is 2.20. The van der Waals surface area contributed by atoms with E-state index in [1.54, 1.807) is 6.07 Å². The third-order valence-corrected chi connectivity index (χ3v) is 2.77. The van der Waals surface area contributed by atoms with Crippen molar-refractivity contribution in [3.05, 3.63) is 40.2 Å². The van der Waals surface area contributed by atoms with Crippen LogP contribution in [0.25, 0.3) is 5.57 Å². The van der Waals surface area contributed by atoms with Crippen molar-refractivity contribution < 1.29 is 9.18 Å². The molecule has 0 unspecified atom stereocenters. The monoisotopic (exact) mass is 244 g/mol. The first kappa shape index (κ1) is 10.7. The predicted octanol–water partition coefficient (Wildman–Crippen LogP) is 3.57. The molecule has 1 aliphatic rings. The molecule has 0 bridgehead atoms. The van der Waals surface area contributed by atoms with Gasteiger partial charge < -0.3 is 0 Å². The maximum Gasteiger partial charge on any atom is 0.245 e. The maximum atomic E-state index is 13.4. The average Bonchev–Trinajstić information content (AvgIpc) is 2.48. The van der Waals surface area contributed by atoms with Crippen LogP contribution in [0.5, 0.6) is 0 Å². The topological polar surface area (TPSA) is 17.1 Å². The van der Waals surface area contributed by atoms with Crippen molar-refractivity contribution in [2.45, 2.75) is 12.8 Å². The Morgan fingerprint density at radius 2 is 2.13 bits per heavy atom. The van der Waals surface area contributed by atoms with Crippen LogP contribution in [0.1, 0.15) is 17.5 Å². The fourth-order valence-corrected chi connectivity index (χ4v) is 2.16. The molecule has 0 saturated heterocycles. The highest BCUT2D eigenvalue weighted by atomic mass is 35.5. The highest BCUT2D eigenvalue weighted by Crippen LogP contribution is 2.35. The van der Waals surface area contributed by atoms with Crippen LogP contribution in [0, 0.1) is 5.82 Å². The summed E-state index contributed by atoms with van der Waals surface area (Å²) in [5.41, 5.74) is 2.07. The van der Waals surface area contributed by atoms with Crippen LogP contribution in [0.2, 0.25) is 5.02 Å². The molecule has 0 heterocycles. The molecule has 0 atom stereocenters. The molecule has 4 heteroatoms. The number of benzene rings is 1. The van der Waals surface area contributed by atoms with Gasteiger partial charge in [0.15, 0.2) is 0 Å². The van der Waals surface area contributed by atoms with Crippen LogP contribution in [0.3, 0.4) is 0 Å². The number of halogens is 3. The largest absolute Gasteiger partial charge is 0.276 e. The molecule has 1 aromatic rings. The molecule has 0 fully saturated rings. The van der Waals surface area contributed by atoms with Crippen molar-refractivity contribution in [3.63, 3.8) is 0 Å². The lowest BCUT2D eigenvalue weighted by Crippen LogP contribution is -1.88. The van der Waals surface area contributed by atoms with E-state index in [1.165, 1.54) is 12.1 Å². The van der Waals surface area contributed by atoms with Crippen LogP contribution in [0.15, 0.2) is 18.2 Å². The van der Waals surface area contributed by atoms with Crippen LogP contribution >= 0.6 is 23.2 Å². The van der Waals surface area contributed by atoms with Crippen LogP contribution in [-0.4, -0.2) is 5.24 Å². The Bertz CT molecular complexity index is 466. The third kappa shape index (κ3) is 2.06. The minimum Gasteiger partial charge on any atom is -0.276 e. The number of rotatable bonds is 1. The number of carbonyl (C=O) groups excluding carboxylic acids is 1. The van der Waals surface area contributed by atoms with E-state index in [1.807, 2.05) is 0 Å². The maximum absolute atomic E-state index is 13.4. The smallest absolute Gasteiger partial charge is 0.245 e. The Hall–Kier alpha value is -0.860. The van der Waals surface area contributed by atoms with Gasteiger partial charge in [0, 0.05) is 11.1 Å². The lowest BCUT2D eigenvalue weighted by molar-refractivity contribution is -0.107. The lowest BCUT2D eigenvalue weighted by Gasteiger charge is -2.02. The molecular weight excluding hydrogens is 238 g/mol. The van der Waals surface area contributed by atoms with Crippen molar-refractivity contribution in [1.82, 2.24) is 0 Å². The third-order valence-electron chi connectivity index (χ3n) is 2.44. The second-order valence-electron chi connectivity index (χ2n) is 3.39. The van der Waals surface area contributed by atoms with Crippen molar-refractivity contribution in [2.75, 3.05) is 0 Å². The molecule has 1 aromatic carbocycles. The summed E-state index contributed by atoms with van der Waals surface area (Å²) < 4.78 is 13.4. The van der Waals surface area contributed by atoms with E-state index in [-0.39, 0.29) is 5.82 Å². The zero-order chi connectivity index (χ0) is 11.0. The first-order valence-electron chi connectivity index (χ1n) is 4.46. The summed E-state index contributed by atoms with van der Waals surface area (Å²) in [6.07, 6.45) is 2.54. The second kappa shape index (κ2) is 3.95. The summed E-state index contributed by atoms with van der Waals surface area (Å²) in [7, 11) is 0. The van der Waals surface area contributed by atoms with Gasteiger partial charge in [-0.05, 0) is 53.3 Å². The number of hydrogen-bond acceptors (Lipinski definition) is 1. The summed E-state index contributed by atoms with van der Waals surface area (Å²) >= 11 is 11.0. The van der Waals surface area contributed by atoms with Crippen molar-refractivity contribution in [3.8, 4) is 0 Å². The molecule has 0 radical (unpaired) electrons. The summed E-state index contributed by atoms with van der Waals surface area (Å²) in [4.78, 5) is 10.7. The standard InChI is InChI=1S/C11H7Cl2FO/c12-7-4-9-6(3-11(13)15)1-2-8(9)10(14)5-7/h3-5H,1-2H2.